The van der Waals surface area contributed by atoms with Crippen LogP contribution in [0.1, 0.15) is 33.6 Å². The molecule has 136 valence electrons. The molecule has 3 rings (SSSR count). The van der Waals surface area contributed by atoms with Crippen LogP contribution in [0.5, 0.6) is 23.0 Å². The molecule has 1 N–H and O–H groups in total. The maximum atomic E-state index is 12.9. The van der Waals surface area contributed by atoms with Crippen molar-refractivity contribution >= 4 is 11.6 Å². The lowest BCUT2D eigenvalue weighted by molar-refractivity contribution is 0.0914. The number of carbonyl (C=O) groups excluding carboxylic acids is 2. The largest absolute Gasteiger partial charge is 0.504 e. The van der Waals surface area contributed by atoms with E-state index in [9.17, 15) is 19.1 Å². The molecule has 1 aliphatic heterocycles. The maximum Gasteiger partial charge on any atom is 0.208 e. The Labute approximate surface area is 149 Å². The molecule has 26 heavy (non-hydrogen) atoms. The van der Waals surface area contributed by atoms with Gasteiger partial charge in [0.05, 0.1) is 12.7 Å². The molecule has 7 heteroatoms. The zero-order valence-corrected chi connectivity index (χ0v) is 14.1. The molecule has 0 unspecified atom stereocenters. The van der Waals surface area contributed by atoms with Gasteiger partial charge in [0, 0.05) is 18.4 Å². The fourth-order valence-electron chi connectivity index (χ4n) is 2.72. The van der Waals surface area contributed by atoms with Crippen molar-refractivity contribution in [3.05, 3.63) is 47.3 Å². The lowest BCUT2D eigenvalue weighted by Crippen LogP contribution is -2.17. The maximum absolute atomic E-state index is 12.9. The number of phenols is 1. The van der Waals surface area contributed by atoms with E-state index in [0.717, 1.165) is 0 Å². The summed E-state index contributed by atoms with van der Waals surface area (Å²) < 4.78 is 29.0. The summed E-state index contributed by atoms with van der Waals surface area (Å²) in [5, 5.41) is 10.1. The second-order valence-electron chi connectivity index (χ2n) is 5.68. The molecule has 2 aromatic carbocycles. The lowest BCUT2D eigenvalue weighted by atomic mass is 10.00. The van der Waals surface area contributed by atoms with Crippen molar-refractivity contribution in [1.82, 2.24) is 0 Å². The third-order valence-corrected chi connectivity index (χ3v) is 4.00. The summed E-state index contributed by atoms with van der Waals surface area (Å²) in [6.07, 6.45) is -0.144. The molecule has 0 fully saturated rings. The van der Waals surface area contributed by atoms with Gasteiger partial charge in [0.1, 0.15) is 19.0 Å². The highest BCUT2D eigenvalue weighted by Gasteiger charge is 2.27. The van der Waals surface area contributed by atoms with Crippen LogP contribution in [0.2, 0.25) is 0 Å². The molecule has 0 radical (unpaired) electrons. The van der Waals surface area contributed by atoms with Gasteiger partial charge >= 0.3 is 0 Å². The predicted molar refractivity (Wildman–Crippen MR) is 89.9 cm³/mol. The molecule has 0 saturated carbocycles. The van der Waals surface area contributed by atoms with Crippen molar-refractivity contribution in [3.63, 3.8) is 0 Å². The summed E-state index contributed by atoms with van der Waals surface area (Å²) in [7, 11) is 1.38. The van der Waals surface area contributed by atoms with Gasteiger partial charge in [0.15, 0.2) is 23.1 Å². The van der Waals surface area contributed by atoms with E-state index in [-0.39, 0.29) is 66.2 Å². The molecular weight excluding hydrogens is 343 g/mol. The summed E-state index contributed by atoms with van der Waals surface area (Å²) in [5.41, 5.74) is 0.442. The van der Waals surface area contributed by atoms with Crippen LogP contribution in [0.3, 0.4) is 0 Å². The Kier molecular flexibility index (Phi) is 5.06. The van der Waals surface area contributed by atoms with Crippen molar-refractivity contribution in [3.8, 4) is 23.0 Å². The molecule has 0 aliphatic carbocycles. The number of aromatic hydroxyl groups is 1. The van der Waals surface area contributed by atoms with Crippen LogP contribution in [-0.4, -0.2) is 37.0 Å². The van der Waals surface area contributed by atoms with Gasteiger partial charge in [-0.2, -0.15) is 0 Å². The highest BCUT2D eigenvalue weighted by molar-refractivity contribution is 6.04. The first-order chi connectivity index (χ1) is 12.5. The smallest absolute Gasteiger partial charge is 0.208 e. The van der Waals surface area contributed by atoms with Gasteiger partial charge in [0.25, 0.3) is 0 Å². The number of hydrogen-bond acceptors (Lipinski definition) is 6. The van der Waals surface area contributed by atoms with Crippen molar-refractivity contribution in [1.29, 1.82) is 0 Å². The van der Waals surface area contributed by atoms with E-state index in [2.05, 4.69) is 0 Å². The zero-order chi connectivity index (χ0) is 18.7. The number of hydrogen-bond donors (Lipinski definition) is 1. The van der Waals surface area contributed by atoms with E-state index < -0.39 is 5.82 Å². The number of benzene rings is 2. The molecule has 6 nitrogen and oxygen atoms in total. The zero-order valence-electron chi connectivity index (χ0n) is 14.1. The van der Waals surface area contributed by atoms with Crippen LogP contribution in [-0.2, 0) is 0 Å². The molecule has 1 aliphatic rings. The lowest BCUT2D eigenvalue weighted by Gasteiger charge is -2.22. The van der Waals surface area contributed by atoms with E-state index in [4.69, 9.17) is 14.2 Å². The average Bonchev–Trinajstić information content (AvgIpc) is 2.66. The minimum absolute atomic E-state index is 0.0528. The molecule has 0 spiro atoms. The SMILES string of the molecule is COc1c(C(=O)CCC(=O)c2ccc(F)cc2)cc(O)c2c1OCCO2. The first-order valence-electron chi connectivity index (χ1n) is 8.02. The van der Waals surface area contributed by atoms with E-state index in [1.54, 1.807) is 0 Å². The molecule has 0 aromatic heterocycles. The highest BCUT2D eigenvalue weighted by Crippen LogP contribution is 2.48. The van der Waals surface area contributed by atoms with Crippen molar-refractivity contribution < 1.29 is 33.3 Å². The summed E-state index contributed by atoms with van der Waals surface area (Å²) >= 11 is 0. The van der Waals surface area contributed by atoms with Crippen LogP contribution in [0.15, 0.2) is 30.3 Å². The first kappa shape index (κ1) is 17.7. The Balaban J connectivity index is 1.78. The summed E-state index contributed by atoms with van der Waals surface area (Å²) in [4.78, 5) is 24.7. The van der Waals surface area contributed by atoms with Gasteiger partial charge in [-0.25, -0.2) is 4.39 Å². The van der Waals surface area contributed by atoms with E-state index in [0.29, 0.717) is 5.56 Å². The number of methoxy groups -OCH3 is 1. The number of ether oxygens (including phenoxy) is 3. The highest BCUT2D eigenvalue weighted by atomic mass is 19.1. The van der Waals surface area contributed by atoms with Crippen LogP contribution < -0.4 is 14.2 Å². The third kappa shape index (κ3) is 3.46. The standard InChI is InChI=1S/C19H17FO6/c1-24-17-13(10-16(23)18-19(17)26-9-8-25-18)15(22)7-6-14(21)11-2-4-12(20)5-3-11/h2-5,10,23H,6-9H2,1H3. The summed E-state index contributed by atoms with van der Waals surface area (Å²) in [6, 6.07) is 6.38. The topological polar surface area (TPSA) is 82.1 Å². The van der Waals surface area contributed by atoms with Gasteiger partial charge in [-0.15, -0.1) is 0 Å². The van der Waals surface area contributed by atoms with Gasteiger partial charge in [-0.1, -0.05) is 0 Å². The van der Waals surface area contributed by atoms with Gasteiger partial charge < -0.3 is 19.3 Å². The normalized spacial score (nSPS) is 12.5. The molecular formula is C19H17FO6. The molecule has 0 amide bonds. The summed E-state index contributed by atoms with van der Waals surface area (Å²) in [5.74, 6) is -0.859. The van der Waals surface area contributed by atoms with Gasteiger partial charge in [0.2, 0.25) is 11.5 Å². The quantitative estimate of drug-likeness (QED) is 0.797. The van der Waals surface area contributed by atoms with E-state index in [1.807, 2.05) is 0 Å². The van der Waals surface area contributed by atoms with Gasteiger partial charge in [-0.3, -0.25) is 9.59 Å². The molecule has 0 saturated heterocycles. The Bertz CT molecular complexity index is 844. The number of halogens is 1. The Morgan fingerprint density at radius 1 is 1.08 bits per heavy atom. The van der Waals surface area contributed by atoms with Crippen LogP contribution in [0.25, 0.3) is 0 Å². The van der Waals surface area contributed by atoms with Crippen molar-refractivity contribution in [2.45, 2.75) is 12.8 Å². The van der Waals surface area contributed by atoms with Crippen molar-refractivity contribution in [2.75, 3.05) is 20.3 Å². The Morgan fingerprint density at radius 3 is 2.35 bits per heavy atom. The molecule has 2 aromatic rings. The Morgan fingerprint density at radius 2 is 1.69 bits per heavy atom. The predicted octanol–water partition coefficient (Wildman–Crippen LogP) is 3.16. The number of ketones is 2. The van der Waals surface area contributed by atoms with E-state index >= 15 is 0 Å². The number of Topliss-reactive ketones (excluding diaryl/α,β-unsaturated/α-hetero) is 2. The third-order valence-electron chi connectivity index (χ3n) is 4.00. The average molecular weight is 360 g/mol. The number of fused-ring (bicyclic) bond motifs is 1. The van der Waals surface area contributed by atoms with Crippen LogP contribution in [0.4, 0.5) is 4.39 Å². The minimum Gasteiger partial charge on any atom is -0.504 e. The second-order valence-corrected chi connectivity index (χ2v) is 5.68. The van der Waals surface area contributed by atoms with Crippen LogP contribution >= 0.6 is 0 Å². The number of carbonyl (C=O) groups is 2. The fourth-order valence-corrected chi connectivity index (χ4v) is 2.72. The number of phenolic OH excluding ortho intramolecular Hbond substituents is 1. The molecule has 0 atom stereocenters. The summed E-state index contributed by atoms with van der Waals surface area (Å²) in [6.45, 7) is 0.548. The van der Waals surface area contributed by atoms with E-state index in [1.165, 1.54) is 37.4 Å². The molecule has 1 heterocycles. The minimum atomic E-state index is -0.436. The molecule has 0 bridgehead atoms. The van der Waals surface area contributed by atoms with Crippen LogP contribution in [0, 0.1) is 5.82 Å². The Hall–Kier alpha value is -3.09. The fraction of sp³-hybridized carbons (Fsp3) is 0.263. The first-order valence-corrected chi connectivity index (χ1v) is 8.02. The monoisotopic (exact) mass is 360 g/mol. The number of rotatable bonds is 6. The second kappa shape index (κ2) is 7.43. The van der Waals surface area contributed by atoms with Crippen molar-refractivity contribution in [2.24, 2.45) is 0 Å². The van der Waals surface area contributed by atoms with Gasteiger partial charge in [-0.05, 0) is 30.3 Å².